The fourth-order valence-corrected chi connectivity index (χ4v) is 3.30. The Morgan fingerprint density at radius 3 is 2.88 bits per heavy atom. The van der Waals surface area contributed by atoms with E-state index < -0.39 is 6.10 Å². The third-order valence-corrected chi connectivity index (χ3v) is 4.68. The highest BCUT2D eigenvalue weighted by Crippen LogP contribution is 2.24. The van der Waals surface area contributed by atoms with Gasteiger partial charge in [0.2, 0.25) is 0 Å². The van der Waals surface area contributed by atoms with E-state index in [1.807, 2.05) is 24.3 Å². The van der Waals surface area contributed by atoms with Crippen LogP contribution >= 0.6 is 0 Å². The molecule has 0 radical (unpaired) electrons. The molecule has 26 heavy (non-hydrogen) atoms. The van der Waals surface area contributed by atoms with E-state index in [9.17, 15) is 9.50 Å². The van der Waals surface area contributed by atoms with Gasteiger partial charge >= 0.3 is 0 Å². The monoisotopic (exact) mass is 353 g/mol. The second kappa shape index (κ2) is 7.35. The van der Waals surface area contributed by atoms with Crippen molar-refractivity contribution in [2.75, 3.05) is 13.1 Å². The number of aliphatic hydroxyl groups excluding tert-OH is 1. The van der Waals surface area contributed by atoms with Crippen LogP contribution in [-0.2, 0) is 6.54 Å². The smallest absolute Gasteiger partial charge is 0.141 e. The summed E-state index contributed by atoms with van der Waals surface area (Å²) in [5.41, 5.74) is 0.792. The summed E-state index contributed by atoms with van der Waals surface area (Å²) >= 11 is 0. The van der Waals surface area contributed by atoms with Crippen molar-refractivity contribution < 1.29 is 14.2 Å². The summed E-state index contributed by atoms with van der Waals surface area (Å²) in [4.78, 5) is 10.3. The van der Waals surface area contributed by atoms with Crippen LogP contribution in [0.3, 0.4) is 0 Å². The molecular formula is C20H20FN3O2. The number of benzene rings is 1. The zero-order chi connectivity index (χ0) is 17.9. The van der Waals surface area contributed by atoms with Crippen LogP contribution in [0.5, 0.6) is 5.75 Å². The molecule has 1 N–H and O–H groups in total. The number of hydrogen-bond donors (Lipinski definition) is 1. The molecule has 1 aliphatic rings. The van der Waals surface area contributed by atoms with Crippen molar-refractivity contribution in [1.29, 1.82) is 0 Å². The van der Waals surface area contributed by atoms with Crippen LogP contribution in [0.25, 0.3) is 10.8 Å². The summed E-state index contributed by atoms with van der Waals surface area (Å²) in [6, 6.07) is 10.9. The van der Waals surface area contributed by atoms with Gasteiger partial charge in [0.25, 0.3) is 0 Å². The molecule has 0 saturated carbocycles. The van der Waals surface area contributed by atoms with Gasteiger partial charge < -0.3 is 9.84 Å². The molecule has 2 atom stereocenters. The highest BCUT2D eigenvalue weighted by atomic mass is 19.1. The lowest BCUT2D eigenvalue weighted by molar-refractivity contribution is -0.0277. The molecule has 5 nitrogen and oxygen atoms in total. The molecule has 1 aromatic carbocycles. The molecule has 3 aromatic rings. The number of aliphatic hydroxyl groups is 1. The maximum absolute atomic E-state index is 12.9. The van der Waals surface area contributed by atoms with Gasteiger partial charge in [0.1, 0.15) is 23.8 Å². The Bertz CT molecular complexity index is 888. The Kier molecular flexibility index (Phi) is 4.77. The molecule has 134 valence electrons. The lowest BCUT2D eigenvalue weighted by atomic mass is 10.0. The fourth-order valence-electron chi connectivity index (χ4n) is 3.30. The van der Waals surface area contributed by atoms with Crippen molar-refractivity contribution in [1.82, 2.24) is 14.9 Å². The topological polar surface area (TPSA) is 58.5 Å². The molecule has 6 heteroatoms. The zero-order valence-electron chi connectivity index (χ0n) is 14.3. The average Bonchev–Trinajstić information content (AvgIpc) is 2.66. The Labute approximate surface area is 151 Å². The van der Waals surface area contributed by atoms with Gasteiger partial charge in [0.05, 0.1) is 11.9 Å². The van der Waals surface area contributed by atoms with Gasteiger partial charge in [0, 0.05) is 37.4 Å². The minimum Gasteiger partial charge on any atom is -0.488 e. The first-order valence-electron chi connectivity index (χ1n) is 8.69. The van der Waals surface area contributed by atoms with Crippen molar-refractivity contribution in [3.05, 3.63) is 66.5 Å². The van der Waals surface area contributed by atoms with Crippen molar-refractivity contribution in [3.63, 3.8) is 0 Å². The van der Waals surface area contributed by atoms with Crippen molar-refractivity contribution in [2.45, 2.75) is 25.2 Å². The van der Waals surface area contributed by atoms with Crippen LogP contribution in [0.2, 0.25) is 0 Å². The highest BCUT2D eigenvalue weighted by Gasteiger charge is 2.29. The third-order valence-electron chi connectivity index (χ3n) is 4.68. The molecule has 0 spiro atoms. The molecule has 0 aliphatic carbocycles. The number of likely N-dealkylation sites (tertiary alicyclic amines) is 1. The molecule has 3 heterocycles. The van der Waals surface area contributed by atoms with Crippen LogP contribution in [0.4, 0.5) is 4.39 Å². The third kappa shape index (κ3) is 3.81. The standard InChI is InChI=1S/C20H20FN3O2/c21-16-2-3-17(23-11-16)12-24-8-6-20(19(25)13-24)26-18-4-1-14-5-7-22-10-15(14)9-18/h1-5,7,9-11,19-20,25H,6,8,12-13H2/t19-,20-/m1/s1. The summed E-state index contributed by atoms with van der Waals surface area (Å²) in [5, 5.41) is 12.6. The summed E-state index contributed by atoms with van der Waals surface area (Å²) < 4.78 is 19.0. The Hall–Kier alpha value is -2.57. The maximum Gasteiger partial charge on any atom is 0.141 e. The van der Waals surface area contributed by atoms with Crippen LogP contribution in [0.1, 0.15) is 12.1 Å². The number of aromatic nitrogens is 2. The lowest BCUT2D eigenvalue weighted by Crippen LogP contribution is -2.48. The average molecular weight is 353 g/mol. The molecule has 1 fully saturated rings. The minimum absolute atomic E-state index is 0.249. The van der Waals surface area contributed by atoms with E-state index in [0.717, 1.165) is 28.8 Å². The van der Waals surface area contributed by atoms with Crippen LogP contribution in [0, 0.1) is 5.82 Å². The van der Waals surface area contributed by atoms with E-state index in [-0.39, 0.29) is 11.9 Å². The minimum atomic E-state index is -0.589. The molecule has 0 amide bonds. The van der Waals surface area contributed by atoms with Gasteiger partial charge in [-0.1, -0.05) is 6.07 Å². The summed E-state index contributed by atoms with van der Waals surface area (Å²) in [7, 11) is 0. The number of fused-ring (bicyclic) bond motifs is 1. The largest absolute Gasteiger partial charge is 0.488 e. The molecule has 1 saturated heterocycles. The van der Waals surface area contributed by atoms with E-state index in [1.165, 1.54) is 12.3 Å². The first-order valence-corrected chi connectivity index (χ1v) is 8.69. The highest BCUT2D eigenvalue weighted by molar-refractivity contribution is 5.82. The van der Waals surface area contributed by atoms with Gasteiger partial charge in [-0.2, -0.15) is 0 Å². The number of ether oxygens (including phenoxy) is 1. The molecule has 4 rings (SSSR count). The number of halogens is 1. The first-order chi connectivity index (χ1) is 12.7. The number of nitrogens with zero attached hydrogens (tertiary/aromatic N) is 3. The predicted octanol–water partition coefficient (Wildman–Crippen LogP) is 2.78. The number of piperidine rings is 1. The fraction of sp³-hybridized carbons (Fsp3) is 0.300. The van der Waals surface area contributed by atoms with E-state index in [2.05, 4.69) is 14.9 Å². The second-order valence-corrected chi connectivity index (χ2v) is 6.60. The Morgan fingerprint density at radius 2 is 2.08 bits per heavy atom. The first kappa shape index (κ1) is 16.9. The normalized spacial score (nSPS) is 21.0. The van der Waals surface area contributed by atoms with Gasteiger partial charge in [-0.15, -0.1) is 0 Å². The lowest BCUT2D eigenvalue weighted by Gasteiger charge is -2.35. The SMILES string of the molecule is O[C@@H]1CN(Cc2ccc(F)cn2)CC[C@H]1Oc1ccc2ccncc2c1. The van der Waals surface area contributed by atoms with E-state index >= 15 is 0 Å². The number of β-amino-alcohol motifs (C(OH)–C–C–N with tert-alkyl or cyclic N) is 1. The second-order valence-electron chi connectivity index (χ2n) is 6.60. The summed E-state index contributed by atoms with van der Waals surface area (Å²) in [6.45, 7) is 1.88. The van der Waals surface area contributed by atoms with E-state index in [1.54, 1.807) is 18.5 Å². The maximum atomic E-state index is 12.9. The molecule has 2 aromatic heterocycles. The van der Waals surface area contributed by atoms with Gasteiger partial charge in [-0.25, -0.2) is 4.39 Å². The summed E-state index contributed by atoms with van der Waals surface area (Å²) in [6.07, 6.45) is 4.66. The van der Waals surface area contributed by atoms with Crippen LogP contribution in [-0.4, -0.2) is 45.3 Å². The van der Waals surface area contributed by atoms with E-state index in [4.69, 9.17) is 4.74 Å². The Morgan fingerprint density at radius 1 is 1.15 bits per heavy atom. The van der Waals surface area contributed by atoms with Gasteiger partial charge in [0.15, 0.2) is 0 Å². The molecule has 0 bridgehead atoms. The van der Waals surface area contributed by atoms with Crippen molar-refractivity contribution in [2.24, 2.45) is 0 Å². The van der Waals surface area contributed by atoms with Crippen molar-refractivity contribution >= 4 is 10.8 Å². The van der Waals surface area contributed by atoms with Crippen molar-refractivity contribution in [3.8, 4) is 5.75 Å². The van der Waals surface area contributed by atoms with E-state index in [0.29, 0.717) is 19.5 Å². The summed E-state index contributed by atoms with van der Waals surface area (Å²) in [5.74, 6) is 0.398. The van der Waals surface area contributed by atoms with Crippen LogP contribution in [0.15, 0.2) is 55.0 Å². The molecule has 1 aliphatic heterocycles. The van der Waals surface area contributed by atoms with Gasteiger partial charge in [-0.05, 0) is 42.1 Å². The van der Waals surface area contributed by atoms with Gasteiger partial charge in [-0.3, -0.25) is 14.9 Å². The number of hydrogen-bond acceptors (Lipinski definition) is 5. The number of rotatable bonds is 4. The quantitative estimate of drug-likeness (QED) is 0.782. The Balaban J connectivity index is 1.37. The predicted molar refractivity (Wildman–Crippen MR) is 96.3 cm³/mol. The van der Waals surface area contributed by atoms with Crippen LogP contribution < -0.4 is 4.74 Å². The molecule has 0 unspecified atom stereocenters. The molecular weight excluding hydrogens is 333 g/mol. The number of pyridine rings is 2. The zero-order valence-corrected chi connectivity index (χ0v) is 14.3.